The molecule has 0 atom stereocenters. The number of benzene rings is 2. The number of anilines is 3. The van der Waals surface area contributed by atoms with Crippen molar-refractivity contribution in [1.82, 2.24) is 15.0 Å². The second-order valence-electron chi connectivity index (χ2n) is 5.99. The van der Waals surface area contributed by atoms with Crippen LogP contribution in [0.25, 0.3) is 10.2 Å². The van der Waals surface area contributed by atoms with Crippen LogP contribution in [0.5, 0.6) is 5.75 Å². The van der Waals surface area contributed by atoms with E-state index in [0.29, 0.717) is 11.7 Å². The van der Waals surface area contributed by atoms with E-state index < -0.39 is 4.92 Å². The Kier molecular flexibility index (Phi) is 5.16. The maximum Gasteiger partial charge on any atom is 0.353 e. The van der Waals surface area contributed by atoms with Gasteiger partial charge < -0.3 is 15.4 Å². The van der Waals surface area contributed by atoms with Crippen molar-refractivity contribution in [1.29, 1.82) is 0 Å². The third kappa shape index (κ3) is 4.06. The fourth-order valence-corrected chi connectivity index (χ4v) is 3.59. The van der Waals surface area contributed by atoms with E-state index in [1.807, 2.05) is 48.5 Å². The van der Waals surface area contributed by atoms with Crippen LogP contribution in [-0.4, -0.2) is 27.0 Å². The third-order valence-corrected chi connectivity index (χ3v) is 5.09. The zero-order valence-electron chi connectivity index (χ0n) is 15.3. The summed E-state index contributed by atoms with van der Waals surface area (Å²) < 4.78 is 6.11. The first-order valence-corrected chi connectivity index (χ1v) is 9.44. The average Bonchev–Trinajstić information content (AvgIpc) is 3.14. The van der Waals surface area contributed by atoms with Crippen LogP contribution in [0, 0.1) is 10.1 Å². The second kappa shape index (κ2) is 8.07. The van der Waals surface area contributed by atoms with Crippen LogP contribution in [0.2, 0.25) is 0 Å². The Bertz CT molecular complexity index is 1130. The minimum atomic E-state index is -0.508. The number of hydrogen-bond acceptors (Lipinski definition) is 9. The summed E-state index contributed by atoms with van der Waals surface area (Å²) in [6, 6.07) is 15.0. The van der Waals surface area contributed by atoms with E-state index >= 15 is 0 Å². The molecule has 0 spiro atoms. The van der Waals surface area contributed by atoms with Crippen LogP contribution < -0.4 is 15.4 Å². The lowest BCUT2D eigenvalue weighted by Crippen LogP contribution is -2.08. The van der Waals surface area contributed by atoms with Crippen LogP contribution >= 0.6 is 11.3 Å². The topological polar surface area (TPSA) is 115 Å². The number of nitro groups is 1. The van der Waals surface area contributed by atoms with Gasteiger partial charge in [0.15, 0.2) is 5.13 Å². The Hall–Kier alpha value is -3.79. The maximum atomic E-state index is 11.7. The van der Waals surface area contributed by atoms with Gasteiger partial charge >= 0.3 is 5.69 Å². The molecule has 0 saturated heterocycles. The SMILES string of the molecule is COc1ccc(CNc2ncnc(Nc3nc4ccccc4s3)c2[N+](=O)[O-])cc1. The third-order valence-electron chi connectivity index (χ3n) is 4.14. The van der Waals surface area contributed by atoms with Gasteiger partial charge in [-0.2, -0.15) is 0 Å². The number of thiazole rings is 1. The lowest BCUT2D eigenvalue weighted by molar-refractivity contribution is -0.383. The molecule has 2 aromatic carbocycles. The molecule has 2 heterocycles. The highest BCUT2D eigenvalue weighted by molar-refractivity contribution is 7.22. The lowest BCUT2D eigenvalue weighted by Gasteiger charge is -2.09. The molecule has 0 aliphatic rings. The molecule has 0 unspecified atom stereocenters. The first-order valence-electron chi connectivity index (χ1n) is 8.63. The van der Waals surface area contributed by atoms with E-state index in [1.165, 1.54) is 17.7 Å². The lowest BCUT2D eigenvalue weighted by atomic mass is 10.2. The maximum absolute atomic E-state index is 11.7. The first kappa shape index (κ1) is 18.6. The minimum Gasteiger partial charge on any atom is -0.497 e. The van der Waals surface area contributed by atoms with E-state index in [0.717, 1.165) is 21.5 Å². The fraction of sp³-hybridized carbons (Fsp3) is 0.105. The molecule has 9 nitrogen and oxygen atoms in total. The molecule has 146 valence electrons. The van der Waals surface area contributed by atoms with Crippen LogP contribution in [0.4, 0.5) is 22.5 Å². The molecule has 2 aromatic heterocycles. The van der Waals surface area contributed by atoms with Crippen LogP contribution in [-0.2, 0) is 6.54 Å². The van der Waals surface area contributed by atoms with Crippen molar-refractivity contribution in [2.45, 2.75) is 6.54 Å². The second-order valence-corrected chi connectivity index (χ2v) is 7.02. The molecule has 0 radical (unpaired) electrons. The zero-order chi connectivity index (χ0) is 20.2. The van der Waals surface area contributed by atoms with Gasteiger partial charge in [-0.3, -0.25) is 10.1 Å². The largest absolute Gasteiger partial charge is 0.497 e. The predicted octanol–water partition coefficient (Wildman–Crippen LogP) is 4.36. The van der Waals surface area contributed by atoms with Crippen molar-refractivity contribution in [3.8, 4) is 5.75 Å². The molecule has 10 heteroatoms. The Morgan fingerprint density at radius 2 is 1.86 bits per heavy atom. The number of rotatable bonds is 7. The molecule has 0 aliphatic heterocycles. The van der Waals surface area contributed by atoms with E-state index in [4.69, 9.17) is 4.74 Å². The van der Waals surface area contributed by atoms with Crippen molar-refractivity contribution < 1.29 is 9.66 Å². The van der Waals surface area contributed by atoms with Crippen molar-refractivity contribution in [3.05, 3.63) is 70.5 Å². The Morgan fingerprint density at radius 1 is 1.10 bits per heavy atom. The number of para-hydroxylation sites is 1. The van der Waals surface area contributed by atoms with Crippen LogP contribution in [0.3, 0.4) is 0 Å². The number of nitrogens with zero attached hydrogens (tertiary/aromatic N) is 4. The Balaban J connectivity index is 1.58. The van der Waals surface area contributed by atoms with Gasteiger partial charge in [0.05, 0.1) is 22.2 Å². The highest BCUT2D eigenvalue weighted by Gasteiger charge is 2.23. The number of ether oxygens (including phenoxy) is 1. The summed E-state index contributed by atoms with van der Waals surface area (Å²) in [5, 5.41) is 18.2. The molecular formula is C19H16N6O3S. The van der Waals surface area contributed by atoms with Gasteiger partial charge in [0, 0.05) is 6.54 Å². The molecule has 0 amide bonds. The molecule has 29 heavy (non-hydrogen) atoms. The Morgan fingerprint density at radius 3 is 2.59 bits per heavy atom. The van der Waals surface area contributed by atoms with Gasteiger partial charge in [-0.05, 0) is 29.8 Å². The normalized spacial score (nSPS) is 10.7. The molecule has 0 fully saturated rings. The van der Waals surface area contributed by atoms with Crippen LogP contribution in [0.1, 0.15) is 5.56 Å². The smallest absolute Gasteiger partial charge is 0.353 e. The van der Waals surface area contributed by atoms with Gasteiger partial charge in [0.1, 0.15) is 12.1 Å². The molecule has 2 N–H and O–H groups in total. The van der Waals surface area contributed by atoms with Gasteiger partial charge in [0.25, 0.3) is 0 Å². The number of nitrogens with one attached hydrogen (secondary N) is 2. The summed E-state index contributed by atoms with van der Waals surface area (Å²) in [4.78, 5) is 23.7. The Labute approximate surface area is 169 Å². The zero-order valence-corrected chi connectivity index (χ0v) is 16.1. The molecular weight excluding hydrogens is 392 g/mol. The number of aromatic nitrogens is 3. The van der Waals surface area contributed by atoms with Gasteiger partial charge in [0.2, 0.25) is 11.6 Å². The molecule has 0 bridgehead atoms. The number of hydrogen-bond donors (Lipinski definition) is 2. The minimum absolute atomic E-state index is 0.0845. The summed E-state index contributed by atoms with van der Waals surface area (Å²) in [5.41, 5.74) is 1.51. The monoisotopic (exact) mass is 408 g/mol. The van der Waals surface area contributed by atoms with E-state index in [2.05, 4.69) is 25.6 Å². The molecule has 4 aromatic rings. The quantitative estimate of drug-likeness (QED) is 0.342. The van der Waals surface area contributed by atoms with Crippen LogP contribution in [0.15, 0.2) is 54.9 Å². The van der Waals surface area contributed by atoms with Crippen molar-refractivity contribution >= 4 is 44.0 Å². The summed E-state index contributed by atoms with van der Waals surface area (Å²) >= 11 is 1.39. The highest BCUT2D eigenvalue weighted by atomic mass is 32.1. The summed E-state index contributed by atoms with van der Waals surface area (Å²) in [7, 11) is 1.59. The molecule has 0 aliphatic carbocycles. The summed E-state index contributed by atoms with van der Waals surface area (Å²) in [6.07, 6.45) is 1.28. The van der Waals surface area contributed by atoms with E-state index in [-0.39, 0.29) is 17.3 Å². The van der Waals surface area contributed by atoms with Crippen molar-refractivity contribution in [2.75, 3.05) is 17.7 Å². The predicted molar refractivity (Wildman–Crippen MR) is 112 cm³/mol. The van der Waals surface area contributed by atoms with Gasteiger partial charge in [-0.15, -0.1) is 0 Å². The fourth-order valence-electron chi connectivity index (χ4n) is 2.73. The number of methoxy groups -OCH3 is 1. The summed E-state index contributed by atoms with van der Waals surface area (Å²) in [5.74, 6) is 0.954. The average molecular weight is 408 g/mol. The van der Waals surface area contributed by atoms with Crippen molar-refractivity contribution in [3.63, 3.8) is 0 Å². The highest BCUT2D eigenvalue weighted by Crippen LogP contribution is 2.34. The van der Waals surface area contributed by atoms with Gasteiger partial charge in [-0.1, -0.05) is 35.6 Å². The van der Waals surface area contributed by atoms with E-state index in [9.17, 15) is 10.1 Å². The molecule has 4 rings (SSSR count). The summed E-state index contributed by atoms with van der Waals surface area (Å²) in [6.45, 7) is 0.364. The standard InChI is InChI=1S/C19H16N6O3S/c1-28-13-8-6-12(7-9-13)10-20-17-16(25(26)27)18(22-11-21-17)24-19-23-14-4-2-3-5-15(14)29-19/h2-9,11H,10H2,1H3,(H2,20,21,22,23,24). The van der Waals surface area contributed by atoms with Gasteiger partial charge in [-0.25, -0.2) is 15.0 Å². The van der Waals surface area contributed by atoms with E-state index in [1.54, 1.807) is 7.11 Å². The first-order chi connectivity index (χ1) is 14.1. The number of fused-ring (bicyclic) bond motifs is 1. The van der Waals surface area contributed by atoms with Crippen molar-refractivity contribution in [2.24, 2.45) is 0 Å². The molecule has 0 saturated carbocycles.